The van der Waals surface area contributed by atoms with Crippen LogP contribution in [0.25, 0.3) is 10.8 Å². The molecule has 4 aromatic carbocycles. The largest absolute Gasteiger partial charge is 0.488 e. The molecule has 1 N–H and O–H groups in total. The van der Waals surface area contributed by atoms with Crippen LogP contribution in [0.3, 0.4) is 0 Å². The maximum Gasteiger partial charge on any atom is 0.124 e. The van der Waals surface area contributed by atoms with Gasteiger partial charge in [0, 0.05) is 33.8 Å². The summed E-state index contributed by atoms with van der Waals surface area (Å²) in [5, 5.41) is 7.32. The third-order valence-electron chi connectivity index (χ3n) is 5.77. The zero-order chi connectivity index (χ0) is 22.3. The van der Waals surface area contributed by atoms with Gasteiger partial charge in [-0.05, 0) is 54.3 Å². The Balaban J connectivity index is 1.50. The van der Waals surface area contributed by atoms with Crippen molar-refractivity contribution in [3.8, 4) is 5.75 Å². The number of aryl methyl sites for hydroxylation is 1. The number of rotatable bonds is 9. The van der Waals surface area contributed by atoms with Gasteiger partial charge in [0.15, 0.2) is 0 Å². The topological polar surface area (TPSA) is 21.3 Å². The lowest BCUT2D eigenvalue weighted by atomic mass is 10.0. The second-order valence-electron chi connectivity index (χ2n) is 8.06. The monoisotopic (exact) mass is 463 g/mol. The molecule has 4 rings (SSSR count). The van der Waals surface area contributed by atoms with Crippen molar-refractivity contribution >= 4 is 34.0 Å². The van der Waals surface area contributed by atoms with Crippen molar-refractivity contribution in [2.24, 2.45) is 0 Å². The van der Waals surface area contributed by atoms with Crippen molar-refractivity contribution in [2.75, 3.05) is 0 Å². The van der Waals surface area contributed by atoms with Crippen molar-refractivity contribution in [3.63, 3.8) is 0 Å². The van der Waals surface area contributed by atoms with Crippen LogP contribution < -0.4 is 10.1 Å². The molecule has 0 spiro atoms. The first kappa shape index (κ1) is 22.7. The van der Waals surface area contributed by atoms with E-state index in [1.54, 1.807) is 0 Å². The van der Waals surface area contributed by atoms with Gasteiger partial charge in [-0.3, -0.25) is 0 Å². The van der Waals surface area contributed by atoms with Crippen LogP contribution in [0, 0.1) is 0 Å². The molecule has 4 aromatic rings. The van der Waals surface area contributed by atoms with Crippen LogP contribution in [-0.2, 0) is 19.6 Å². The molecule has 164 valence electrons. The minimum atomic E-state index is 0.327. The van der Waals surface area contributed by atoms with Gasteiger partial charge in [0.1, 0.15) is 12.4 Å². The van der Waals surface area contributed by atoms with Gasteiger partial charge in [0.2, 0.25) is 0 Å². The predicted octanol–water partition coefficient (Wildman–Crippen LogP) is 7.84. The first-order chi connectivity index (χ1) is 15.6. The fourth-order valence-corrected chi connectivity index (χ4v) is 4.37. The standard InChI is InChI=1S/C28H27Cl2NO/c1-20(14-15-21-8-3-2-4-9-21)31-18-24-23-11-6-5-10-22(23)16-17-28(24)32-19-25-26(29)12-7-13-27(25)30/h2-13,16-17,20,31H,14-15,18-19H2,1H3. The van der Waals surface area contributed by atoms with Crippen molar-refractivity contribution in [1.82, 2.24) is 5.32 Å². The van der Waals surface area contributed by atoms with Gasteiger partial charge in [-0.1, -0.05) is 89.9 Å². The summed E-state index contributed by atoms with van der Waals surface area (Å²) in [4.78, 5) is 0. The normalized spacial score (nSPS) is 12.1. The van der Waals surface area contributed by atoms with E-state index in [1.807, 2.05) is 24.3 Å². The number of fused-ring (bicyclic) bond motifs is 1. The molecular weight excluding hydrogens is 437 g/mol. The average Bonchev–Trinajstić information content (AvgIpc) is 2.82. The molecule has 1 atom stereocenters. The maximum absolute atomic E-state index is 6.34. The molecule has 0 aliphatic rings. The van der Waals surface area contributed by atoms with Crippen LogP contribution in [0.1, 0.15) is 30.0 Å². The lowest BCUT2D eigenvalue weighted by molar-refractivity contribution is 0.302. The summed E-state index contributed by atoms with van der Waals surface area (Å²) in [5.74, 6) is 0.849. The molecule has 32 heavy (non-hydrogen) atoms. The minimum Gasteiger partial charge on any atom is -0.488 e. The van der Waals surface area contributed by atoms with Gasteiger partial charge in [0.05, 0.1) is 0 Å². The molecule has 1 unspecified atom stereocenters. The van der Waals surface area contributed by atoms with Gasteiger partial charge >= 0.3 is 0 Å². The molecule has 0 saturated carbocycles. The zero-order valence-electron chi connectivity index (χ0n) is 18.2. The Hall–Kier alpha value is -2.52. The second-order valence-corrected chi connectivity index (χ2v) is 8.87. The Morgan fingerprint density at radius 3 is 2.28 bits per heavy atom. The Morgan fingerprint density at radius 1 is 0.781 bits per heavy atom. The van der Waals surface area contributed by atoms with E-state index in [0.717, 1.165) is 36.3 Å². The van der Waals surface area contributed by atoms with E-state index in [0.29, 0.717) is 22.7 Å². The molecule has 2 nitrogen and oxygen atoms in total. The molecular formula is C28H27Cl2NO. The Morgan fingerprint density at radius 2 is 1.50 bits per heavy atom. The average molecular weight is 464 g/mol. The molecule has 4 heteroatoms. The van der Waals surface area contributed by atoms with Crippen molar-refractivity contribution in [1.29, 1.82) is 0 Å². The molecule has 0 aromatic heterocycles. The van der Waals surface area contributed by atoms with Crippen LogP contribution in [0.5, 0.6) is 5.75 Å². The number of hydrogen-bond acceptors (Lipinski definition) is 2. The van der Waals surface area contributed by atoms with Crippen LogP contribution in [0.4, 0.5) is 0 Å². The summed E-state index contributed by atoms with van der Waals surface area (Å²) in [6, 6.07) is 29.1. The Bertz CT molecular complexity index is 1160. The third-order valence-corrected chi connectivity index (χ3v) is 6.48. The lowest BCUT2D eigenvalue weighted by Crippen LogP contribution is -2.26. The molecule has 0 heterocycles. The number of halogens is 2. The second kappa shape index (κ2) is 10.9. The minimum absolute atomic E-state index is 0.327. The van der Waals surface area contributed by atoms with Crippen molar-refractivity contribution < 1.29 is 4.74 Å². The molecule has 0 saturated heterocycles. The fourth-order valence-electron chi connectivity index (χ4n) is 3.86. The zero-order valence-corrected chi connectivity index (χ0v) is 19.7. The predicted molar refractivity (Wildman–Crippen MR) is 136 cm³/mol. The van der Waals surface area contributed by atoms with Crippen LogP contribution >= 0.6 is 23.2 Å². The van der Waals surface area contributed by atoms with Crippen LogP contribution in [-0.4, -0.2) is 6.04 Å². The SMILES string of the molecule is CC(CCc1ccccc1)NCc1c(OCc2c(Cl)cccc2Cl)ccc2ccccc12. The molecule has 0 aliphatic carbocycles. The number of nitrogens with one attached hydrogen (secondary N) is 1. The lowest BCUT2D eigenvalue weighted by Gasteiger charge is -2.19. The summed E-state index contributed by atoms with van der Waals surface area (Å²) in [7, 11) is 0. The van der Waals surface area contributed by atoms with Gasteiger partial charge in [-0.25, -0.2) is 0 Å². The molecule has 0 amide bonds. The van der Waals surface area contributed by atoms with Crippen LogP contribution in [0.2, 0.25) is 10.0 Å². The van der Waals surface area contributed by atoms with E-state index in [1.165, 1.54) is 16.3 Å². The van der Waals surface area contributed by atoms with E-state index >= 15 is 0 Å². The number of benzene rings is 4. The van der Waals surface area contributed by atoms with E-state index in [2.05, 4.69) is 72.9 Å². The maximum atomic E-state index is 6.34. The van der Waals surface area contributed by atoms with Crippen molar-refractivity contribution in [3.05, 3.63) is 112 Å². The van der Waals surface area contributed by atoms with Gasteiger partial charge in [-0.2, -0.15) is 0 Å². The first-order valence-electron chi connectivity index (χ1n) is 11.0. The quantitative estimate of drug-likeness (QED) is 0.273. The van der Waals surface area contributed by atoms with E-state index in [9.17, 15) is 0 Å². The summed E-state index contributed by atoms with van der Waals surface area (Å²) in [6.45, 7) is 3.29. The molecule has 0 fully saturated rings. The summed E-state index contributed by atoms with van der Waals surface area (Å²) >= 11 is 12.7. The summed E-state index contributed by atoms with van der Waals surface area (Å²) in [6.07, 6.45) is 2.12. The van der Waals surface area contributed by atoms with Gasteiger partial charge in [-0.15, -0.1) is 0 Å². The third kappa shape index (κ3) is 5.63. The van der Waals surface area contributed by atoms with E-state index in [-0.39, 0.29) is 0 Å². The van der Waals surface area contributed by atoms with Gasteiger partial charge < -0.3 is 10.1 Å². The highest BCUT2D eigenvalue weighted by Gasteiger charge is 2.13. The Labute approximate surface area is 200 Å². The summed E-state index contributed by atoms with van der Waals surface area (Å²) in [5.41, 5.74) is 3.32. The molecule has 0 aliphatic heterocycles. The first-order valence-corrected chi connectivity index (χ1v) is 11.7. The highest BCUT2D eigenvalue weighted by molar-refractivity contribution is 6.35. The highest BCUT2D eigenvalue weighted by Crippen LogP contribution is 2.31. The fraction of sp³-hybridized carbons (Fsp3) is 0.214. The Kier molecular flexibility index (Phi) is 7.70. The van der Waals surface area contributed by atoms with E-state index in [4.69, 9.17) is 27.9 Å². The molecule has 0 bridgehead atoms. The van der Waals surface area contributed by atoms with E-state index < -0.39 is 0 Å². The highest BCUT2D eigenvalue weighted by atomic mass is 35.5. The number of ether oxygens (including phenoxy) is 1. The number of hydrogen-bond donors (Lipinski definition) is 1. The molecule has 0 radical (unpaired) electrons. The summed E-state index contributed by atoms with van der Waals surface area (Å²) < 4.78 is 6.25. The smallest absolute Gasteiger partial charge is 0.124 e. The van der Waals surface area contributed by atoms with Crippen molar-refractivity contribution in [2.45, 2.75) is 39.0 Å². The van der Waals surface area contributed by atoms with Gasteiger partial charge in [0.25, 0.3) is 0 Å². The van der Waals surface area contributed by atoms with Crippen LogP contribution in [0.15, 0.2) is 84.9 Å².